The second-order valence-electron chi connectivity index (χ2n) is 5.54. The topological polar surface area (TPSA) is 67.6 Å². The third-order valence-corrected chi connectivity index (χ3v) is 4.16. The summed E-state index contributed by atoms with van der Waals surface area (Å²) in [6.07, 6.45) is 8.38. The molecule has 0 radical (unpaired) electrons. The highest BCUT2D eigenvalue weighted by Crippen LogP contribution is 2.22. The molecule has 2 aliphatic rings. The summed E-state index contributed by atoms with van der Waals surface area (Å²) in [7, 11) is 0. The molecule has 4 nitrogen and oxygen atoms in total. The predicted octanol–water partition coefficient (Wildman–Crippen LogP) is 1.45. The van der Waals surface area contributed by atoms with Crippen LogP contribution in [0.2, 0.25) is 0 Å². The number of nitrogens with two attached hydrogens (primary N) is 2. The first-order valence-electron chi connectivity index (χ1n) is 7.00. The number of aliphatic imine (C=N–C) groups is 1. The summed E-state index contributed by atoms with van der Waals surface area (Å²) >= 11 is 0. The van der Waals surface area contributed by atoms with Crippen LogP contribution in [-0.2, 0) is 0 Å². The Labute approximate surface area is 104 Å². The molecule has 98 valence electrons. The van der Waals surface area contributed by atoms with E-state index in [0.29, 0.717) is 12.1 Å². The number of likely N-dealkylation sites (tertiary alicyclic amines) is 1. The lowest BCUT2D eigenvalue weighted by Gasteiger charge is -2.26. The minimum atomic E-state index is 0.261. The Bertz CT molecular complexity index is 267. The zero-order valence-corrected chi connectivity index (χ0v) is 10.9. The molecule has 1 fully saturated rings. The first-order chi connectivity index (χ1) is 8.16. The van der Waals surface area contributed by atoms with Gasteiger partial charge in [-0.25, -0.2) is 0 Å². The van der Waals surface area contributed by atoms with Crippen molar-refractivity contribution in [2.24, 2.45) is 16.5 Å². The summed E-state index contributed by atoms with van der Waals surface area (Å²) in [5.74, 6) is 0.853. The van der Waals surface area contributed by atoms with Crippen molar-refractivity contribution < 1.29 is 0 Å². The van der Waals surface area contributed by atoms with Gasteiger partial charge in [0.05, 0.1) is 18.0 Å². The smallest absolute Gasteiger partial charge is 0.0940 e. The fourth-order valence-electron chi connectivity index (χ4n) is 3.01. The lowest BCUT2D eigenvalue weighted by molar-refractivity contribution is 0.198. The molecule has 0 aromatic heterocycles. The molecule has 0 spiro atoms. The van der Waals surface area contributed by atoms with Gasteiger partial charge in [0.1, 0.15) is 0 Å². The molecule has 4 heteroatoms. The molecule has 0 saturated carbocycles. The Morgan fingerprint density at radius 3 is 2.82 bits per heavy atom. The quantitative estimate of drug-likeness (QED) is 0.782. The van der Waals surface area contributed by atoms with E-state index in [9.17, 15) is 0 Å². The van der Waals surface area contributed by atoms with Crippen molar-refractivity contribution in [3.8, 4) is 0 Å². The summed E-state index contributed by atoms with van der Waals surface area (Å²) in [4.78, 5) is 7.04. The van der Waals surface area contributed by atoms with Gasteiger partial charge in [-0.05, 0) is 39.0 Å². The zero-order valence-electron chi connectivity index (χ0n) is 10.9. The fraction of sp³-hybridized carbons (Fsp3) is 0.923. The van der Waals surface area contributed by atoms with Crippen molar-refractivity contribution in [1.29, 1.82) is 0 Å². The van der Waals surface area contributed by atoms with Gasteiger partial charge in [-0.1, -0.05) is 6.42 Å². The van der Waals surface area contributed by atoms with E-state index >= 15 is 0 Å². The Hall–Kier alpha value is -0.610. The van der Waals surface area contributed by atoms with E-state index in [4.69, 9.17) is 11.5 Å². The van der Waals surface area contributed by atoms with Crippen LogP contribution in [0.3, 0.4) is 0 Å². The van der Waals surface area contributed by atoms with Crippen LogP contribution in [0.1, 0.15) is 51.9 Å². The van der Waals surface area contributed by atoms with Crippen molar-refractivity contribution in [3.63, 3.8) is 0 Å². The van der Waals surface area contributed by atoms with E-state index in [2.05, 4.69) is 16.8 Å². The SMILES string of the molecule is CC1CCC(N)N1CCC1CCCCC(N)=N1. The van der Waals surface area contributed by atoms with Crippen LogP contribution in [0, 0.1) is 0 Å². The monoisotopic (exact) mass is 238 g/mol. The van der Waals surface area contributed by atoms with Crippen molar-refractivity contribution in [1.82, 2.24) is 4.90 Å². The maximum Gasteiger partial charge on any atom is 0.0940 e. The van der Waals surface area contributed by atoms with Crippen LogP contribution >= 0.6 is 0 Å². The lowest BCUT2D eigenvalue weighted by atomic mass is 10.1. The van der Waals surface area contributed by atoms with E-state index in [-0.39, 0.29) is 6.17 Å². The van der Waals surface area contributed by atoms with Gasteiger partial charge in [0.2, 0.25) is 0 Å². The molecule has 0 aromatic carbocycles. The highest BCUT2D eigenvalue weighted by molar-refractivity contribution is 5.80. The van der Waals surface area contributed by atoms with Gasteiger partial charge in [0.15, 0.2) is 0 Å². The molecule has 0 amide bonds. The lowest BCUT2D eigenvalue weighted by Crippen LogP contribution is -2.41. The van der Waals surface area contributed by atoms with E-state index in [1.807, 2.05) is 0 Å². The van der Waals surface area contributed by atoms with Crippen molar-refractivity contribution in [2.45, 2.75) is 70.1 Å². The molecular formula is C13H26N4. The Morgan fingerprint density at radius 2 is 2.12 bits per heavy atom. The fourth-order valence-corrected chi connectivity index (χ4v) is 3.01. The Morgan fingerprint density at radius 1 is 1.29 bits per heavy atom. The van der Waals surface area contributed by atoms with E-state index in [0.717, 1.165) is 31.6 Å². The van der Waals surface area contributed by atoms with E-state index in [1.54, 1.807) is 0 Å². The summed E-state index contributed by atoms with van der Waals surface area (Å²) in [5, 5.41) is 0. The van der Waals surface area contributed by atoms with Crippen LogP contribution < -0.4 is 11.5 Å². The van der Waals surface area contributed by atoms with Gasteiger partial charge in [0.25, 0.3) is 0 Å². The molecule has 17 heavy (non-hydrogen) atoms. The van der Waals surface area contributed by atoms with Gasteiger partial charge in [-0.3, -0.25) is 9.89 Å². The maximum atomic E-state index is 6.11. The molecule has 2 aliphatic heterocycles. The Balaban J connectivity index is 1.82. The molecule has 2 rings (SSSR count). The average molecular weight is 238 g/mol. The number of hydrogen-bond acceptors (Lipinski definition) is 4. The summed E-state index contributed by atoms with van der Waals surface area (Å²) in [6, 6.07) is 1.06. The summed E-state index contributed by atoms with van der Waals surface area (Å²) in [6.45, 7) is 3.35. The van der Waals surface area contributed by atoms with Crippen LogP contribution in [-0.4, -0.2) is 35.5 Å². The standard InChI is InChI=1S/C13H26N4/c1-10-6-7-13(15)17(10)9-8-11-4-2-3-5-12(14)16-11/h10-11,13H,2-9,15H2,1H3,(H2,14,16). The largest absolute Gasteiger partial charge is 0.387 e. The van der Waals surface area contributed by atoms with Crippen LogP contribution in [0.5, 0.6) is 0 Å². The van der Waals surface area contributed by atoms with Crippen molar-refractivity contribution in [3.05, 3.63) is 0 Å². The zero-order chi connectivity index (χ0) is 12.3. The average Bonchev–Trinajstić information content (AvgIpc) is 2.51. The van der Waals surface area contributed by atoms with Gasteiger partial charge >= 0.3 is 0 Å². The molecule has 3 unspecified atom stereocenters. The summed E-state index contributed by atoms with van der Waals surface area (Å²) in [5.41, 5.74) is 12.0. The van der Waals surface area contributed by atoms with Gasteiger partial charge in [0, 0.05) is 19.0 Å². The molecule has 1 saturated heterocycles. The van der Waals surface area contributed by atoms with Gasteiger partial charge in [-0.2, -0.15) is 0 Å². The van der Waals surface area contributed by atoms with Gasteiger partial charge < -0.3 is 11.5 Å². The molecule has 4 N–H and O–H groups in total. The highest BCUT2D eigenvalue weighted by Gasteiger charge is 2.27. The molecular weight excluding hydrogens is 212 g/mol. The maximum absolute atomic E-state index is 6.11. The molecule has 2 heterocycles. The number of rotatable bonds is 3. The predicted molar refractivity (Wildman–Crippen MR) is 71.9 cm³/mol. The number of amidine groups is 1. The second-order valence-corrected chi connectivity index (χ2v) is 5.54. The molecule has 0 bridgehead atoms. The molecule has 0 aromatic rings. The first-order valence-corrected chi connectivity index (χ1v) is 7.00. The molecule has 0 aliphatic carbocycles. The third kappa shape index (κ3) is 3.42. The number of hydrogen-bond donors (Lipinski definition) is 2. The minimum Gasteiger partial charge on any atom is -0.387 e. The van der Waals surface area contributed by atoms with Crippen molar-refractivity contribution in [2.75, 3.05) is 6.54 Å². The second kappa shape index (κ2) is 5.83. The minimum absolute atomic E-state index is 0.261. The van der Waals surface area contributed by atoms with Crippen LogP contribution in [0.15, 0.2) is 4.99 Å². The summed E-state index contributed by atoms with van der Waals surface area (Å²) < 4.78 is 0. The Kier molecular flexibility index (Phi) is 4.40. The normalized spacial score (nSPS) is 35.6. The van der Waals surface area contributed by atoms with Crippen LogP contribution in [0.4, 0.5) is 0 Å². The van der Waals surface area contributed by atoms with Gasteiger partial charge in [-0.15, -0.1) is 0 Å². The third-order valence-electron chi connectivity index (χ3n) is 4.16. The van der Waals surface area contributed by atoms with Crippen molar-refractivity contribution >= 4 is 5.84 Å². The number of nitrogens with zero attached hydrogens (tertiary/aromatic N) is 2. The van der Waals surface area contributed by atoms with E-state index in [1.165, 1.54) is 25.7 Å². The highest BCUT2D eigenvalue weighted by atomic mass is 15.3. The van der Waals surface area contributed by atoms with Crippen LogP contribution in [0.25, 0.3) is 0 Å². The first kappa shape index (κ1) is 12.8. The van der Waals surface area contributed by atoms with E-state index < -0.39 is 0 Å². The molecule has 3 atom stereocenters.